The second-order valence-electron chi connectivity index (χ2n) is 4.04. The van der Waals surface area contributed by atoms with Crippen LogP contribution in [-0.2, 0) is 17.9 Å². The molecule has 0 aliphatic rings. The number of hydrogen-bond donors (Lipinski definition) is 1. The summed E-state index contributed by atoms with van der Waals surface area (Å²) in [4.78, 5) is 0. The molecule has 2 aromatic rings. The third-order valence-electron chi connectivity index (χ3n) is 2.73. The molecule has 0 aliphatic heterocycles. The summed E-state index contributed by atoms with van der Waals surface area (Å²) in [5, 5.41) is 0. The van der Waals surface area contributed by atoms with Gasteiger partial charge in [0.15, 0.2) is 0 Å². The molecular weight excluding hydrogens is 210 g/mol. The molecule has 0 unspecified atom stereocenters. The zero-order valence-corrected chi connectivity index (χ0v) is 10.0. The highest BCUT2D eigenvalue weighted by atomic mass is 16.5. The lowest BCUT2D eigenvalue weighted by molar-refractivity contribution is 0.185. The van der Waals surface area contributed by atoms with Crippen LogP contribution in [0, 0.1) is 0 Å². The van der Waals surface area contributed by atoms with Gasteiger partial charge < -0.3 is 10.5 Å². The van der Waals surface area contributed by atoms with Gasteiger partial charge in [0, 0.05) is 13.7 Å². The van der Waals surface area contributed by atoms with Crippen molar-refractivity contribution in [3.8, 4) is 11.1 Å². The van der Waals surface area contributed by atoms with Crippen LogP contribution in [0.4, 0.5) is 0 Å². The second kappa shape index (κ2) is 5.62. The van der Waals surface area contributed by atoms with E-state index >= 15 is 0 Å². The van der Waals surface area contributed by atoms with Crippen LogP contribution in [0.1, 0.15) is 11.1 Å². The lowest BCUT2D eigenvalue weighted by Crippen LogP contribution is -1.96. The number of ether oxygens (including phenoxy) is 1. The topological polar surface area (TPSA) is 35.2 Å². The summed E-state index contributed by atoms with van der Waals surface area (Å²) >= 11 is 0. The summed E-state index contributed by atoms with van der Waals surface area (Å²) < 4.78 is 5.14. The van der Waals surface area contributed by atoms with Gasteiger partial charge in [-0.3, -0.25) is 0 Å². The maximum Gasteiger partial charge on any atom is 0.0713 e. The SMILES string of the molecule is COCc1cccc(-c2cccc(CN)c2)c1. The summed E-state index contributed by atoms with van der Waals surface area (Å²) in [7, 11) is 1.71. The summed E-state index contributed by atoms with van der Waals surface area (Å²) in [6.45, 7) is 1.22. The first-order valence-corrected chi connectivity index (χ1v) is 5.71. The minimum absolute atomic E-state index is 0.575. The van der Waals surface area contributed by atoms with E-state index in [1.54, 1.807) is 7.11 Å². The molecule has 0 fully saturated rings. The van der Waals surface area contributed by atoms with Gasteiger partial charge in [-0.1, -0.05) is 36.4 Å². The smallest absolute Gasteiger partial charge is 0.0713 e. The van der Waals surface area contributed by atoms with Gasteiger partial charge in [0.05, 0.1) is 6.61 Å². The van der Waals surface area contributed by atoms with Gasteiger partial charge in [-0.25, -0.2) is 0 Å². The Hall–Kier alpha value is -1.64. The average molecular weight is 227 g/mol. The molecule has 2 nitrogen and oxygen atoms in total. The van der Waals surface area contributed by atoms with Gasteiger partial charge >= 0.3 is 0 Å². The maximum atomic E-state index is 5.65. The van der Waals surface area contributed by atoms with Gasteiger partial charge in [0.25, 0.3) is 0 Å². The number of hydrogen-bond acceptors (Lipinski definition) is 2. The van der Waals surface area contributed by atoms with Crippen LogP contribution in [0.5, 0.6) is 0 Å². The fourth-order valence-electron chi connectivity index (χ4n) is 1.89. The van der Waals surface area contributed by atoms with Gasteiger partial charge in [0.1, 0.15) is 0 Å². The van der Waals surface area contributed by atoms with Crippen molar-refractivity contribution in [1.82, 2.24) is 0 Å². The van der Waals surface area contributed by atoms with Crippen LogP contribution in [0.15, 0.2) is 48.5 Å². The van der Waals surface area contributed by atoms with Crippen LogP contribution in [0.3, 0.4) is 0 Å². The van der Waals surface area contributed by atoms with Gasteiger partial charge in [-0.15, -0.1) is 0 Å². The normalized spacial score (nSPS) is 10.5. The van der Waals surface area contributed by atoms with Crippen molar-refractivity contribution in [1.29, 1.82) is 0 Å². The molecule has 0 aliphatic carbocycles. The summed E-state index contributed by atoms with van der Waals surface area (Å²) in [5.41, 5.74) is 10.4. The molecule has 2 rings (SSSR count). The predicted octanol–water partition coefficient (Wildman–Crippen LogP) is 2.96. The van der Waals surface area contributed by atoms with Crippen LogP contribution in [0.25, 0.3) is 11.1 Å². The molecule has 0 saturated carbocycles. The molecular formula is C15H17NO. The Kier molecular flexibility index (Phi) is 3.91. The van der Waals surface area contributed by atoms with Crippen molar-refractivity contribution < 1.29 is 4.74 Å². The quantitative estimate of drug-likeness (QED) is 0.871. The van der Waals surface area contributed by atoms with E-state index in [0.29, 0.717) is 13.2 Å². The Labute approximate surface area is 102 Å². The van der Waals surface area contributed by atoms with E-state index in [9.17, 15) is 0 Å². The van der Waals surface area contributed by atoms with Crippen molar-refractivity contribution >= 4 is 0 Å². The fourth-order valence-corrected chi connectivity index (χ4v) is 1.89. The van der Waals surface area contributed by atoms with Crippen molar-refractivity contribution in [2.75, 3.05) is 7.11 Å². The van der Waals surface area contributed by atoms with Gasteiger partial charge in [-0.2, -0.15) is 0 Å². The largest absolute Gasteiger partial charge is 0.380 e. The van der Waals surface area contributed by atoms with Crippen LogP contribution in [-0.4, -0.2) is 7.11 Å². The molecule has 17 heavy (non-hydrogen) atoms. The van der Waals surface area contributed by atoms with Crippen LogP contribution < -0.4 is 5.73 Å². The fraction of sp³-hybridized carbons (Fsp3) is 0.200. The maximum absolute atomic E-state index is 5.65. The Morgan fingerprint density at radius 3 is 2.12 bits per heavy atom. The molecule has 2 N–H and O–H groups in total. The molecule has 0 amide bonds. The van der Waals surface area contributed by atoms with E-state index in [2.05, 4.69) is 36.4 Å². The number of nitrogens with two attached hydrogens (primary N) is 1. The zero-order chi connectivity index (χ0) is 12.1. The number of benzene rings is 2. The summed E-state index contributed by atoms with van der Waals surface area (Å²) in [6, 6.07) is 16.7. The number of methoxy groups -OCH3 is 1. The molecule has 88 valence electrons. The third kappa shape index (κ3) is 2.93. The van der Waals surface area contributed by atoms with Crippen LogP contribution >= 0.6 is 0 Å². The molecule has 0 aromatic heterocycles. The van der Waals surface area contributed by atoms with Crippen molar-refractivity contribution in [2.24, 2.45) is 5.73 Å². The first kappa shape index (κ1) is 11.8. The molecule has 0 saturated heterocycles. The first-order chi connectivity index (χ1) is 8.33. The van der Waals surface area contributed by atoms with E-state index < -0.39 is 0 Å². The Morgan fingerprint density at radius 1 is 0.941 bits per heavy atom. The Bertz CT molecular complexity index is 494. The van der Waals surface area contributed by atoms with Gasteiger partial charge in [-0.05, 0) is 34.4 Å². The second-order valence-corrected chi connectivity index (χ2v) is 4.04. The summed E-state index contributed by atoms with van der Waals surface area (Å²) in [5.74, 6) is 0. The lowest BCUT2D eigenvalue weighted by atomic mass is 10.0. The van der Waals surface area contributed by atoms with Crippen molar-refractivity contribution in [2.45, 2.75) is 13.2 Å². The highest BCUT2D eigenvalue weighted by Crippen LogP contribution is 2.21. The Balaban J connectivity index is 2.34. The molecule has 0 radical (unpaired) electrons. The average Bonchev–Trinajstić information content (AvgIpc) is 2.40. The predicted molar refractivity (Wildman–Crippen MR) is 70.5 cm³/mol. The highest BCUT2D eigenvalue weighted by molar-refractivity contribution is 5.64. The summed E-state index contributed by atoms with van der Waals surface area (Å²) in [6.07, 6.45) is 0. The van der Waals surface area contributed by atoms with Crippen molar-refractivity contribution in [3.63, 3.8) is 0 Å². The van der Waals surface area contributed by atoms with E-state index in [0.717, 1.165) is 5.56 Å². The number of rotatable bonds is 4. The Morgan fingerprint density at radius 2 is 1.53 bits per heavy atom. The van der Waals surface area contributed by atoms with Crippen LogP contribution in [0.2, 0.25) is 0 Å². The molecule has 2 heteroatoms. The lowest BCUT2D eigenvalue weighted by Gasteiger charge is -2.06. The monoisotopic (exact) mass is 227 g/mol. The minimum Gasteiger partial charge on any atom is -0.380 e. The highest BCUT2D eigenvalue weighted by Gasteiger charge is 2.00. The standard InChI is InChI=1S/C15H17NO/c1-17-11-13-5-3-7-15(9-13)14-6-2-4-12(8-14)10-16/h2-9H,10-11,16H2,1H3. The van der Waals surface area contributed by atoms with Gasteiger partial charge in [0.2, 0.25) is 0 Å². The van der Waals surface area contributed by atoms with E-state index in [1.807, 2.05) is 12.1 Å². The molecule has 0 spiro atoms. The van der Waals surface area contributed by atoms with E-state index in [-0.39, 0.29) is 0 Å². The van der Waals surface area contributed by atoms with E-state index in [4.69, 9.17) is 10.5 Å². The zero-order valence-electron chi connectivity index (χ0n) is 10.0. The molecule has 0 bridgehead atoms. The third-order valence-corrected chi connectivity index (χ3v) is 2.73. The molecule has 0 heterocycles. The minimum atomic E-state index is 0.575. The van der Waals surface area contributed by atoms with E-state index in [1.165, 1.54) is 16.7 Å². The first-order valence-electron chi connectivity index (χ1n) is 5.71. The van der Waals surface area contributed by atoms with Crippen molar-refractivity contribution in [3.05, 3.63) is 59.7 Å². The molecule has 0 atom stereocenters. The molecule has 2 aromatic carbocycles.